The normalized spacial score (nSPS) is 11.1. The first-order valence-corrected chi connectivity index (χ1v) is 61.1. The Kier molecular flexibility index (Phi) is 156. The zero-order valence-corrected chi connectivity index (χ0v) is 99.7. The van der Waals surface area contributed by atoms with Crippen molar-refractivity contribution in [3.05, 3.63) is 72.9 Å². The van der Waals surface area contributed by atoms with E-state index >= 15 is 0 Å². The van der Waals surface area contributed by atoms with E-state index in [0.717, 1.165) is 39.3 Å². The molecule has 0 rings (SSSR count). The number of hydrogen-bond acceptors (Lipinski definition) is 12. The van der Waals surface area contributed by atoms with Crippen molar-refractivity contribution >= 4 is 175 Å². The van der Waals surface area contributed by atoms with Crippen molar-refractivity contribution in [3.8, 4) is 0 Å². The van der Waals surface area contributed by atoms with Crippen molar-refractivity contribution in [1.29, 1.82) is 0 Å². The van der Waals surface area contributed by atoms with E-state index in [1.807, 2.05) is 0 Å². The minimum Gasteiger partial charge on any atom is -0.412 e. The third-order valence-electron chi connectivity index (χ3n) is 23.7. The van der Waals surface area contributed by atoms with Gasteiger partial charge >= 0.3 is 21.1 Å². The molecule has 0 saturated heterocycles. The van der Waals surface area contributed by atoms with E-state index in [2.05, 4.69) is 146 Å². The number of hydrogen-bond donors (Lipinski definition) is 6. The molecule has 0 aliphatic carbocycles. The van der Waals surface area contributed by atoms with Gasteiger partial charge in [0.2, 0.25) is 0 Å². The maximum Gasteiger partial charge on any atom is 6.00 e. The van der Waals surface area contributed by atoms with Crippen LogP contribution in [0.25, 0.3) is 0 Å². The van der Waals surface area contributed by atoms with Crippen LogP contribution in [-0.2, 0) is 96.8 Å². The Hall–Kier alpha value is -0.212. The fraction of sp³-hybridized carbons (Fsp3) is 0.842. The van der Waals surface area contributed by atoms with E-state index in [4.69, 9.17) is 149 Å². The molecule has 0 heterocycles. The standard InChI is InChI=1S/6C19H37NS2.Mo/c6*1-2-3-4-5-6-7-8-9-10-11-12-13-14-15-16-17-18-20-19(21)22;/h6*9-10H,2-8,11-18H2,1H3,(H2,20,21,22);/q;;;;;;+6/p-6/b6*10-9-;. The minimum absolute atomic E-state index is 0. The molecule has 0 bridgehead atoms. The van der Waals surface area contributed by atoms with Gasteiger partial charge in [-0.2, -0.15) is 0 Å². The summed E-state index contributed by atoms with van der Waals surface area (Å²) in [5, 5.41) is 18.2. The summed E-state index contributed by atoms with van der Waals surface area (Å²) in [5.74, 6) is 0. The van der Waals surface area contributed by atoms with Crippen LogP contribution in [0.4, 0.5) is 0 Å². The van der Waals surface area contributed by atoms with Crippen molar-refractivity contribution in [2.45, 2.75) is 581 Å². The van der Waals surface area contributed by atoms with Gasteiger partial charge in [0.15, 0.2) is 0 Å². The molecule has 133 heavy (non-hydrogen) atoms. The molecule has 0 radical (unpaired) electrons. The first kappa shape index (κ1) is 146. The van der Waals surface area contributed by atoms with Gasteiger partial charge in [0.25, 0.3) is 0 Å². The number of allylic oxidation sites excluding steroid dienone is 12. The third-order valence-corrected chi connectivity index (χ3v) is 25.5. The Morgan fingerprint density at radius 1 is 0.135 bits per heavy atom. The average Bonchev–Trinajstić information content (AvgIpc) is 1.10. The largest absolute Gasteiger partial charge is 6.00 e. The first-order valence-electron chi connectivity index (χ1n) is 56.2. The minimum atomic E-state index is 0. The van der Waals surface area contributed by atoms with E-state index < -0.39 is 0 Å². The van der Waals surface area contributed by atoms with Crippen LogP contribution in [0, 0.1) is 0 Å². The van der Waals surface area contributed by atoms with Gasteiger partial charge in [-0.25, -0.2) is 0 Å². The molecule has 0 aromatic rings. The van der Waals surface area contributed by atoms with Gasteiger partial charge in [-0.15, -0.1) is 0 Å². The molecule has 0 aromatic heterocycles. The maximum absolute atomic E-state index is 4.80. The Balaban J connectivity index is -0.000000286. The molecule has 0 amide bonds. The van der Waals surface area contributed by atoms with Crippen molar-refractivity contribution in [2.24, 2.45) is 0 Å². The Bertz CT molecular complexity index is 2010. The van der Waals surface area contributed by atoms with Crippen LogP contribution in [0.15, 0.2) is 72.9 Å². The molecule has 0 aromatic carbocycles. The van der Waals surface area contributed by atoms with E-state index in [9.17, 15) is 0 Å². The summed E-state index contributed by atoms with van der Waals surface area (Å²) in [6, 6.07) is 0. The van der Waals surface area contributed by atoms with Crippen LogP contribution in [0.5, 0.6) is 0 Å². The van der Waals surface area contributed by atoms with Gasteiger partial charge in [0, 0.05) is 39.3 Å². The monoisotopic (exact) mass is 2150 g/mol. The van der Waals surface area contributed by atoms with Gasteiger partial charge in [-0.1, -0.05) is 487 Å². The summed E-state index contributed by atoms with van der Waals surface area (Å²) >= 11 is 57.6. The Morgan fingerprint density at radius 2 is 0.211 bits per heavy atom. The molecule has 6 N–H and O–H groups in total. The van der Waals surface area contributed by atoms with Gasteiger partial charge < -0.3 is 181 Å². The van der Waals surface area contributed by atoms with Crippen LogP contribution in [0.3, 0.4) is 0 Å². The molecule has 0 fully saturated rings. The van der Waals surface area contributed by atoms with Crippen LogP contribution < -0.4 is 31.9 Å². The summed E-state index contributed by atoms with van der Waals surface area (Å²) in [6.45, 7) is 19.3. The summed E-state index contributed by atoms with van der Waals surface area (Å²) in [6.07, 6.45) is 142. The van der Waals surface area contributed by atoms with Crippen LogP contribution in [0.1, 0.15) is 581 Å². The molecule has 0 aliphatic heterocycles. The molecule has 0 aliphatic rings. The van der Waals surface area contributed by atoms with Crippen molar-refractivity contribution < 1.29 is 21.1 Å². The number of nitrogens with one attached hydrogen (secondary N) is 6. The molecule has 0 atom stereocenters. The average molecular weight is 2150 g/mol. The molecular formula is C114H216MoN6S12. The molecule has 780 valence electrons. The fourth-order valence-corrected chi connectivity index (χ4v) is 16.6. The van der Waals surface area contributed by atoms with Crippen LogP contribution >= 0.6 is 73.3 Å². The van der Waals surface area contributed by atoms with Gasteiger partial charge in [0.05, 0.1) is 0 Å². The summed E-state index contributed by atoms with van der Waals surface area (Å²) < 4.78 is 3.04. The van der Waals surface area contributed by atoms with Gasteiger partial charge in [-0.3, -0.25) is 0 Å². The van der Waals surface area contributed by atoms with Crippen LogP contribution in [0.2, 0.25) is 0 Å². The molecule has 0 unspecified atom stereocenters. The predicted octanol–water partition coefficient (Wildman–Crippen LogP) is 38.7. The van der Waals surface area contributed by atoms with E-state index in [-0.39, 0.29) is 21.1 Å². The summed E-state index contributed by atoms with van der Waals surface area (Å²) in [7, 11) is 0. The second-order valence-corrected chi connectivity index (χ2v) is 43.4. The second kappa shape index (κ2) is 142. The predicted molar refractivity (Wildman–Crippen MR) is 645 cm³/mol. The van der Waals surface area contributed by atoms with E-state index in [1.54, 1.807) is 0 Å². The SMILES string of the molecule is CCCCCCCC/C=C\CCCCCCCCNC(=S)[S-].CCCCCCCC/C=C\CCCCCCCCNC(=S)[S-].CCCCCCCC/C=C\CCCCCCCCNC(=S)[S-].CCCCCCCC/C=C\CCCCCCCCNC(=S)[S-].CCCCCCCC/C=C\CCCCCCCCNC(=S)[S-].CCCCCCCC/C=C\CCCCCCCCNC(=S)[S-].[Mo+6]. The summed E-state index contributed by atoms with van der Waals surface area (Å²) in [4.78, 5) is 0. The molecule has 6 nitrogen and oxygen atoms in total. The molecular weight excluding hydrogens is 1930 g/mol. The topological polar surface area (TPSA) is 72.2 Å². The zero-order chi connectivity index (χ0) is 97.8. The maximum atomic E-state index is 4.80. The van der Waals surface area contributed by atoms with Crippen molar-refractivity contribution in [3.63, 3.8) is 0 Å². The van der Waals surface area contributed by atoms with Crippen molar-refractivity contribution in [1.82, 2.24) is 31.9 Å². The van der Waals surface area contributed by atoms with Gasteiger partial charge in [-0.05, 0) is 193 Å². The first-order chi connectivity index (χ1) is 64.6. The Labute approximate surface area is 912 Å². The third kappa shape index (κ3) is 171. The summed E-state index contributed by atoms with van der Waals surface area (Å²) in [5.41, 5.74) is 0. The van der Waals surface area contributed by atoms with Crippen LogP contribution in [-0.4, -0.2) is 65.2 Å². The molecule has 19 heteroatoms. The van der Waals surface area contributed by atoms with E-state index in [0.29, 0.717) is 25.9 Å². The zero-order valence-electron chi connectivity index (χ0n) is 87.9. The number of thiocarbonyl (C=S) groups is 6. The quantitative estimate of drug-likeness (QED) is 0.0115. The number of rotatable bonds is 96. The fourth-order valence-electron chi connectivity index (χ4n) is 15.4. The van der Waals surface area contributed by atoms with Crippen molar-refractivity contribution in [2.75, 3.05) is 39.3 Å². The van der Waals surface area contributed by atoms with E-state index in [1.165, 1.54) is 539 Å². The second-order valence-electron chi connectivity index (χ2n) is 36.9. The Morgan fingerprint density at radius 3 is 0.293 bits per heavy atom. The molecule has 0 saturated carbocycles. The molecule has 0 spiro atoms. The van der Waals surface area contributed by atoms with Gasteiger partial charge in [0.1, 0.15) is 0 Å². The number of unbranched alkanes of at least 4 members (excludes halogenated alkanes) is 72. The smallest absolute Gasteiger partial charge is 0.412 e.